The molecule has 3 fully saturated rings. The molecule has 0 aromatic carbocycles. The summed E-state index contributed by atoms with van der Waals surface area (Å²) in [7, 11) is 0. The van der Waals surface area contributed by atoms with Gasteiger partial charge >= 0.3 is 41.9 Å². The zero-order valence-electron chi connectivity index (χ0n) is 32.7. The average Bonchev–Trinajstić information content (AvgIpc) is 3.83. The van der Waals surface area contributed by atoms with Gasteiger partial charge in [-0.3, -0.25) is 38.6 Å². The lowest BCUT2D eigenvalue weighted by Gasteiger charge is -2.24. The molecule has 3 rings (SSSR count). The van der Waals surface area contributed by atoms with Gasteiger partial charge in [0.2, 0.25) is 0 Å². The van der Waals surface area contributed by atoms with Crippen LogP contribution >= 0.6 is 0 Å². The molecule has 3 aliphatic heterocycles. The van der Waals surface area contributed by atoms with Gasteiger partial charge in [0.05, 0.1) is 81.8 Å². The first-order valence-corrected chi connectivity index (χ1v) is 18.5. The van der Waals surface area contributed by atoms with Gasteiger partial charge in [0, 0.05) is 39.3 Å². The number of carbonyl (C=O) groups is 7. The van der Waals surface area contributed by atoms with Gasteiger partial charge < -0.3 is 38.1 Å². The molecule has 0 aliphatic carbocycles. The van der Waals surface area contributed by atoms with Gasteiger partial charge in [-0.15, -0.1) is 0 Å². The van der Waals surface area contributed by atoms with E-state index >= 15 is 0 Å². The summed E-state index contributed by atoms with van der Waals surface area (Å²) in [5, 5.41) is 0. The monoisotopic (exact) mass is 757 g/mol. The zero-order valence-corrected chi connectivity index (χ0v) is 32.7. The number of hydrogen-bond donors (Lipinski definition) is 0. The minimum absolute atomic E-state index is 0.0945. The number of likely N-dealkylation sites (tertiary alicyclic amines) is 3. The Morgan fingerprint density at radius 3 is 0.868 bits per heavy atom. The van der Waals surface area contributed by atoms with E-state index in [2.05, 4.69) is 0 Å². The molecular formula is C36H59N3O14. The second-order valence-corrected chi connectivity index (χ2v) is 13.7. The second-order valence-electron chi connectivity index (χ2n) is 13.7. The third-order valence-electron chi connectivity index (χ3n) is 8.70. The minimum atomic E-state index is -0.716. The van der Waals surface area contributed by atoms with E-state index < -0.39 is 83.0 Å². The van der Waals surface area contributed by atoms with Crippen molar-refractivity contribution in [3.63, 3.8) is 0 Å². The van der Waals surface area contributed by atoms with Crippen molar-refractivity contribution in [2.75, 3.05) is 85.6 Å². The Bertz CT molecular complexity index is 1140. The molecule has 53 heavy (non-hydrogen) atoms. The van der Waals surface area contributed by atoms with Crippen LogP contribution in [0.25, 0.3) is 0 Å². The SMILES string of the molecule is CCOC(=O)[C@H]1CN(C(=O)OC(C)(C)C)C[C@@H]1C(=O)OCC.CCOC(=O)[C@H]1CN(CN2C[C@H](C(=O)OCC)[C@@H](C(=O)OCC)C2)C[C@@H]1C(=O)OCC. The standard InChI is InChI=1S/C21H34N2O8.C15H25NO6/c1-5-28-18(24)14-9-22(10-15(14)19(25)29-6-2)13-23-11-16(20(26)30-7-3)17(12-23)21(27)31-8-4;1-6-20-12(17)10-8-16(14(19)22-15(3,4)5)9-11(10)13(18)21-7-2/h14-17H,5-13H2,1-4H3;10-11H,6-9H2,1-5H3/t14-,15-,16-,17-;10-,11-/m00/s1. The van der Waals surface area contributed by atoms with E-state index in [9.17, 15) is 33.6 Å². The van der Waals surface area contributed by atoms with Gasteiger partial charge in [-0.05, 0) is 62.3 Å². The largest absolute Gasteiger partial charge is 0.466 e. The van der Waals surface area contributed by atoms with Gasteiger partial charge in [0.25, 0.3) is 0 Å². The quantitative estimate of drug-likeness (QED) is 0.184. The van der Waals surface area contributed by atoms with Crippen molar-refractivity contribution in [2.45, 2.75) is 67.9 Å². The number of carbonyl (C=O) groups excluding carboxylic acids is 7. The van der Waals surface area contributed by atoms with Gasteiger partial charge in [-0.25, -0.2) is 4.79 Å². The Labute approximate surface area is 312 Å². The summed E-state index contributed by atoms with van der Waals surface area (Å²) in [5.74, 6) is -6.53. The van der Waals surface area contributed by atoms with Gasteiger partial charge in [0.15, 0.2) is 0 Å². The molecule has 0 N–H and O–H groups in total. The first kappa shape index (κ1) is 45.2. The van der Waals surface area contributed by atoms with Crippen LogP contribution in [-0.4, -0.2) is 148 Å². The zero-order chi connectivity index (χ0) is 39.9. The van der Waals surface area contributed by atoms with Crippen molar-refractivity contribution in [3.05, 3.63) is 0 Å². The molecule has 0 spiro atoms. The number of nitrogens with zero attached hydrogens (tertiary/aromatic N) is 3. The van der Waals surface area contributed by atoms with Gasteiger partial charge in [-0.2, -0.15) is 0 Å². The number of rotatable bonds is 14. The summed E-state index contributed by atoms with van der Waals surface area (Å²) < 4.78 is 35.8. The highest BCUT2D eigenvalue weighted by Gasteiger charge is 2.48. The third kappa shape index (κ3) is 13.4. The molecule has 3 saturated heterocycles. The van der Waals surface area contributed by atoms with E-state index in [1.165, 1.54) is 4.90 Å². The molecule has 17 nitrogen and oxygen atoms in total. The fraction of sp³-hybridized carbons (Fsp3) is 0.806. The Balaban J connectivity index is 0.000000390. The second kappa shape index (κ2) is 21.6. The highest BCUT2D eigenvalue weighted by Crippen LogP contribution is 2.31. The van der Waals surface area contributed by atoms with E-state index in [0.717, 1.165) is 0 Å². The van der Waals surface area contributed by atoms with Crippen LogP contribution in [0.15, 0.2) is 0 Å². The Hall–Kier alpha value is -3.99. The highest BCUT2D eigenvalue weighted by molar-refractivity contribution is 5.85. The summed E-state index contributed by atoms with van der Waals surface area (Å²) in [5.41, 5.74) is -0.640. The Morgan fingerprint density at radius 2 is 0.660 bits per heavy atom. The summed E-state index contributed by atoms with van der Waals surface area (Å²) in [6.07, 6.45) is -0.548. The van der Waals surface area contributed by atoms with Crippen LogP contribution in [0.2, 0.25) is 0 Å². The predicted octanol–water partition coefficient (Wildman–Crippen LogP) is 1.89. The van der Waals surface area contributed by atoms with E-state index in [0.29, 0.717) is 32.8 Å². The molecule has 0 radical (unpaired) electrons. The fourth-order valence-electron chi connectivity index (χ4n) is 6.49. The van der Waals surface area contributed by atoms with Gasteiger partial charge in [-0.1, -0.05) is 0 Å². The van der Waals surface area contributed by atoms with Crippen LogP contribution in [-0.2, 0) is 61.9 Å². The van der Waals surface area contributed by atoms with Crippen LogP contribution in [0.1, 0.15) is 62.3 Å². The maximum absolute atomic E-state index is 12.4. The summed E-state index contributed by atoms with van der Waals surface area (Å²) in [4.78, 5) is 90.9. The third-order valence-corrected chi connectivity index (χ3v) is 8.70. The van der Waals surface area contributed by atoms with Crippen LogP contribution in [0.4, 0.5) is 4.79 Å². The molecule has 17 heteroatoms. The Morgan fingerprint density at radius 1 is 0.434 bits per heavy atom. The first-order chi connectivity index (χ1) is 25.0. The summed E-state index contributed by atoms with van der Waals surface area (Å²) >= 11 is 0. The molecule has 0 unspecified atom stereocenters. The van der Waals surface area contributed by atoms with Crippen LogP contribution in [0, 0.1) is 35.5 Å². The molecule has 0 bridgehead atoms. The maximum Gasteiger partial charge on any atom is 0.410 e. The van der Waals surface area contributed by atoms with Crippen molar-refractivity contribution in [1.82, 2.24) is 14.7 Å². The molecular weight excluding hydrogens is 698 g/mol. The van der Waals surface area contributed by atoms with Crippen molar-refractivity contribution in [3.8, 4) is 0 Å². The summed E-state index contributed by atoms with van der Waals surface area (Å²) in [6.45, 7) is 18.9. The van der Waals surface area contributed by atoms with E-state index in [-0.39, 0.29) is 52.7 Å². The van der Waals surface area contributed by atoms with Crippen molar-refractivity contribution < 1.29 is 66.7 Å². The van der Waals surface area contributed by atoms with E-state index in [1.807, 2.05) is 9.80 Å². The number of ether oxygens (including phenoxy) is 7. The average molecular weight is 758 g/mol. The lowest BCUT2D eigenvalue weighted by Crippen LogP contribution is -2.37. The first-order valence-electron chi connectivity index (χ1n) is 18.5. The Kier molecular flexibility index (Phi) is 18.4. The topological polar surface area (TPSA) is 194 Å². The van der Waals surface area contributed by atoms with Crippen LogP contribution < -0.4 is 0 Å². The molecule has 3 aliphatic rings. The maximum atomic E-state index is 12.4. The lowest BCUT2D eigenvalue weighted by atomic mass is 9.96. The predicted molar refractivity (Wildman–Crippen MR) is 187 cm³/mol. The number of amides is 1. The smallest absolute Gasteiger partial charge is 0.410 e. The molecule has 0 aromatic rings. The normalized spacial score (nSPS) is 24.4. The number of hydrogen-bond acceptors (Lipinski definition) is 16. The van der Waals surface area contributed by atoms with Crippen molar-refractivity contribution in [1.29, 1.82) is 0 Å². The fourth-order valence-corrected chi connectivity index (χ4v) is 6.49. The van der Waals surface area contributed by atoms with E-state index in [4.69, 9.17) is 33.2 Å². The summed E-state index contributed by atoms with van der Waals surface area (Å²) in [6, 6.07) is 0. The molecule has 3 heterocycles. The van der Waals surface area contributed by atoms with Crippen molar-refractivity contribution in [2.24, 2.45) is 35.5 Å². The minimum Gasteiger partial charge on any atom is -0.466 e. The van der Waals surface area contributed by atoms with Gasteiger partial charge in [0.1, 0.15) is 5.60 Å². The molecule has 302 valence electrons. The highest BCUT2D eigenvalue weighted by atomic mass is 16.6. The van der Waals surface area contributed by atoms with Crippen LogP contribution in [0.3, 0.4) is 0 Å². The molecule has 1 amide bonds. The number of esters is 6. The molecule has 0 saturated carbocycles. The molecule has 6 atom stereocenters. The lowest BCUT2D eigenvalue weighted by molar-refractivity contribution is -0.157. The molecule has 0 aromatic heterocycles. The van der Waals surface area contributed by atoms with E-state index in [1.54, 1.807) is 62.3 Å². The van der Waals surface area contributed by atoms with Crippen LogP contribution in [0.5, 0.6) is 0 Å². The van der Waals surface area contributed by atoms with Crippen molar-refractivity contribution >= 4 is 41.9 Å².